The Bertz CT molecular complexity index is 1060. The van der Waals surface area contributed by atoms with Crippen molar-refractivity contribution in [3.63, 3.8) is 0 Å². The van der Waals surface area contributed by atoms with E-state index in [-0.39, 0.29) is 11.9 Å². The summed E-state index contributed by atoms with van der Waals surface area (Å²) in [5.74, 6) is 0.823. The molecule has 0 spiro atoms. The molecule has 0 saturated carbocycles. The van der Waals surface area contributed by atoms with E-state index in [2.05, 4.69) is 45.0 Å². The van der Waals surface area contributed by atoms with Crippen molar-refractivity contribution in [1.82, 2.24) is 19.9 Å². The molecule has 2 aromatic heterocycles. The van der Waals surface area contributed by atoms with Crippen LogP contribution in [0, 0.1) is 0 Å². The Balaban J connectivity index is 1.39. The van der Waals surface area contributed by atoms with Gasteiger partial charge in [-0.05, 0) is 29.5 Å². The molecule has 5 heteroatoms. The molecule has 142 valence electrons. The van der Waals surface area contributed by atoms with Crippen LogP contribution < -0.4 is 5.32 Å². The molecule has 5 nitrogen and oxygen atoms in total. The monoisotopic (exact) mass is 372 g/mol. The first-order valence-electron chi connectivity index (χ1n) is 9.68. The van der Waals surface area contributed by atoms with E-state index in [0.717, 1.165) is 29.0 Å². The second kappa shape index (κ2) is 8.13. The zero-order valence-corrected chi connectivity index (χ0v) is 15.9. The molecule has 1 atom stereocenters. The van der Waals surface area contributed by atoms with Gasteiger partial charge in [0.2, 0.25) is 5.91 Å². The molecule has 0 fully saturated rings. The van der Waals surface area contributed by atoms with E-state index in [9.17, 15) is 4.79 Å². The number of hydrogen-bond donors (Lipinski definition) is 2. The van der Waals surface area contributed by atoms with Gasteiger partial charge in [-0.3, -0.25) is 4.79 Å². The number of imidazole rings is 1. The van der Waals surface area contributed by atoms with Crippen LogP contribution in [0.1, 0.15) is 31.6 Å². The van der Waals surface area contributed by atoms with Gasteiger partial charge in [0.1, 0.15) is 5.82 Å². The summed E-state index contributed by atoms with van der Waals surface area (Å²) in [6.45, 7) is 2.71. The number of hydrogen-bond acceptors (Lipinski definition) is 2. The standard InChI is InChI=1S/C23H24N4O/c1-2-19(23-24-16-20(26-23)17-8-4-3-5-9-17)25-22(28)13-15-27-14-12-18-10-6-7-11-21(18)27/h3-12,14,16,19H,2,13,15H2,1H3,(H,24,26)(H,25,28). The van der Waals surface area contributed by atoms with Crippen LogP contribution in [0.3, 0.4) is 0 Å². The number of benzene rings is 2. The fourth-order valence-electron chi connectivity index (χ4n) is 3.47. The number of H-pyrrole nitrogens is 1. The second-order valence-corrected chi connectivity index (χ2v) is 6.89. The first kappa shape index (κ1) is 18.0. The minimum Gasteiger partial charge on any atom is -0.347 e. The van der Waals surface area contributed by atoms with Gasteiger partial charge in [-0.2, -0.15) is 0 Å². The van der Waals surface area contributed by atoms with Crippen molar-refractivity contribution in [3.8, 4) is 11.3 Å². The van der Waals surface area contributed by atoms with Gasteiger partial charge in [-0.15, -0.1) is 0 Å². The van der Waals surface area contributed by atoms with E-state index >= 15 is 0 Å². The molecular formula is C23H24N4O. The molecule has 0 bridgehead atoms. The molecule has 1 unspecified atom stereocenters. The number of rotatable bonds is 7. The third kappa shape index (κ3) is 3.83. The molecule has 4 rings (SSSR count). The summed E-state index contributed by atoms with van der Waals surface area (Å²) in [4.78, 5) is 20.4. The number of aryl methyl sites for hydroxylation is 1. The van der Waals surface area contributed by atoms with Crippen LogP contribution in [0.2, 0.25) is 0 Å². The lowest BCUT2D eigenvalue weighted by molar-refractivity contribution is -0.122. The number of nitrogens with zero attached hydrogens (tertiary/aromatic N) is 2. The Labute approximate surface area is 164 Å². The van der Waals surface area contributed by atoms with E-state index in [4.69, 9.17) is 0 Å². The van der Waals surface area contributed by atoms with Gasteiger partial charge in [0.05, 0.1) is 17.9 Å². The zero-order chi connectivity index (χ0) is 19.3. The topological polar surface area (TPSA) is 62.7 Å². The van der Waals surface area contributed by atoms with Gasteiger partial charge >= 0.3 is 0 Å². The maximum atomic E-state index is 12.5. The molecule has 1 amide bonds. The number of amides is 1. The van der Waals surface area contributed by atoms with E-state index in [1.807, 2.05) is 54.9 Å². The summed E-state index contributed by atoms with van der Waals surface area (Å²) in [6.07, 6.45) is 5.07. The summed E-state index contributed by atoms with van der Waals surface area (Å²) < 4.78 is 2.12. The van der Waals surface area contributed by atoms with E-state index in [0.29, 0.717) is 13.0 Å². The molecule has 0 aliphatic carbocycles. The van der Waals surface area contributed by atoms with E-state index in [1.54, 1.807) is 0 Å². The van der Waals surface area contributed by atoms with E-state index < -0.39 is 0 Å². The first-order valence-corrected chi connectivity index (χ1v) is 9.68. The third-order valence-electron chi connectivity index (χ3n) is 5.01. The average molecular weight is 372 g/mol. The maximum absolute atomic E-state index is 12.5. The van der Waals surface area contributed by atoms with Crippen molar-refractivity contribution in [1.29, 1.82) is 0 Å². The van der Waals surface area contributed by atoms with Crippen LogP contribution in [0.5, 0.6) is 0 Å². The van der Waals surface area contributed by atoms with Gasteiger partial charge < -0.3 is 14.9 Å². The van der Waals surface area contributed by atoms with Crippen molar-refractivity contribution in [3.05, 3.63) is 78.9 Å². The molecule has 0 saturated heterocycles. The molecule has 4 aromatic rings. The van der Waals surface area contributed by atoms with Gasteiger partial charge in [0.15, 0.2) is 0 Å². The fraction of sp³-hybridized carbons (Fsp3) is 0.217. The quantitative estimate of drug-likeness (QED) is 0.494. The fourth-order valence-corrected chi connectivity index (χ4v) is 3.47. The van der Waals surface area contributed by atoms with Crippen molar-refractivity contribution in [2.45, 2.75) is 32.4 Å². The van der Waals surface area contributed by atoms with Crippen molar-refractivity contribution in [2.75, 3.05) is 0 Å². The number of fused-ring (bicyclic) bond motifs is 1. The Morgan fingerprint density at radius 3 is 2.71 bits per heavy atom. The highest BCUT2D eigenvalue weighted by Crippen LogP contribution is 2.21. The maximum Gasteiger partial charge on any atom is 0.222 e. The Morgan fingerprint density at radius 1 is 1.11 bits per heavy atom. The summed E-state index contributed by atoms with van der Waals surface area (Å²) in [5, 5.41) is 4.31. The number of para-hydroxylation sites is 1. The van der Waals surface area contributed by atoms with Crippen LogP contribution in [0.25, 0.3) is 22.2 Å². The minimum absolute atomic E-state index is 0.0299. The van der Waals surface area contributed by atoms with Crippen LogP contribution >= 0.6 is 0 Å². The number of nitrogens with one attached hydrogen (secondary N) is 2. The molecule has 28 heavy (non-hydrogen) atoms. The van der Waals surface area contributed by atoms with Crippen LogP contribution in [0.4, 0.5) is 0 Å². The summed E-state index contributed by atoms with van der Waals surface area (Å²) >= 11 is 0. The summed E-state index contributed by atoms with van der Waals surface area (Å²) in [7, 11) is 0. The highest BCUT2D eigenvalue weighted by Gasteiger charge is 2.16. The smallest absolute Gasteiger partial charge is 0.222 e. The number of carbonyl (C=O) groups excluding carboxylic acids is 1. The molecule has 0 radical (unpaired) electrons. The molecule has 0 aliphatic rings. The van der Waals surface area contributed by atoms with Crippen molar-refractivity contribution >= 4 is 16.8 Å². The van der Waals surface area contributed by atoms with Crippen LogP contribution in [0.15, 0.2) is 73.1 Å². The highest BCUT2D eigenvalue weighted by molar-refractivity contribution is 5.80. The molecule has 2 aromatic carbocycles. The number of carbonyl (C=O) groups is 1. The first-order chi connectivity index (χ1) is 13.7. The zero-order valence-electron chi connectivity index (χ0n) is 15.9. The normalized spacial score (nSPS) is 12.2. The van der Waals surface area contributed by atoms with Gasteiger partial charge in [0, 0.05) is 24.7 Å². The van der Waals surface area contributed by atoms with Gasteiger partial charge in [-0.25, -0.2) is 4.98 Å². The third-order valence-corrected chi connectivity index (χ3v) is 5.01. The largest absolute Gasteiger partial charge is 0.347 e. The van der Waals surface area contributed by atoms with Gasteiger partial charge in [0.25, 0.3) is 0 Å². The highest BCUT2D eigenvalue weighted by atomic mass is 16.1. The summed E-state index contributed by atoms with van der Waals surface area (Å²) in [5.41, 5.74) is 3.20. The Hall–Kier alpha value is -3.34. The van der Waals surface area contributed by atoms with E-state index in [1.165, 1.54) is 5.39 Å². The molecule has 0 aliphatic heterocycles. The summed E-state index contributed by atoms with van der Waals surface area (Å²) in [6, 6.07) is 20.2. The predicted octanol–water partition coefficient (Wildman–Crippen LogP) is 4.69. The lowest BCUT2D eigenvalue weighted by Gasteiger charge is -2.15. The number of aromatic amines is 1. The molecular weight excluding hydrogens is 348 g/mol. The minimum atomic E-state index is -0.119. The lowest BCUT2D eigenvalue weighted by Crippen LogP contribution is -2.29. The van der Waals surface area contributed by atoms with Crippen LogP contribution in [-0.2, 0) is 11.3 Å². The second-order valence-electron chi connectivity index (χ2n) is 6.89. The van der Waals surface area contributed by atoms with Crippen molar-refractivity contribution < 1.29 is 4.79 Å². The Kier molecular flexibility index (Phi) is 5.24. The number of aromatic nitrogens is 3. The predicted molar refractivity (Wildman–Crippen MR) is 112 cm³/mol. The van der Waals surface area contributed by atoms with Crippen LogP contribution in [-0.4, -0.2) is 20.4 Å². The Morgan fingerprint density at radius 2 is 1.89 bits per heavy atom. The van der Waals surface area contributed by atoms with Crippen molar-refractivity contribution in [2.24, 2.45) is 0 Å². The van der Waals surface area contributed by atoms with Gasteiger partial charge in [-0.1, -0.05) is 55.5 Å². The average Bonchev–Trinajstić information content (AvgIpc) is 3.39. The lowest BCUT2D eigenvalue weighted by atomic mass is 10.2. The molecule has 2 heterocycles. The SMILES string of the molecule is CCC(NC(=O)CCn1ccc2ccccc21)c1ncc(-c2ccccc2)[nH]1. The molecule has 2 N–H and O–H groups in total.